The van der Waals surface area contributed by atoms with Crippen LogP contribution in [-0.2, 0) is 4.79 Å². The van der Waals surface area contributed by atoms with Gasteiger partial charge in [0.15, 0.2) is 0 Å². The van der Waals surface area contributed by atoms with Crippen LogP contribution in [0.15, 0.2) is 42.5 Å². The maximum Gasteiger partial charge on any atom is 0.250 e. The van der Waals surface area contributed by atoms with Crippen LogP contribution in [0.4, 0.5) is 11.6 Å². The SMILES string of the molecule is Cc1cc(C)c(NC(=O)C2CCN(c3nnnn3-c3ccccc3)CC2)c(C)c1. The van der Waals surface area contributed by atoms with Crippen LogP contribution in [-0.4, -0.2) is 39.2 Å². The molecule has 29 heavy (non-hydrogen) atoms. The molecular formula is C22H26N6O. The minimum Gasteiger partial charge on any atom is -0.339 e. The third-order valence-corrected chi connectivity index (χ3v) is 5.53. The monoisotopic (exact) mass is 390 g/mol. The van der Waals surface area contributed by atoms with Gasteiger partial charge in [0.05, 0.1) is 5.69 Å². The number of carbonyl (C=O) groups is 1. The number of nitrogens with zero attached hydrogens (tertiary/aromatic N) is 5. The van der Waals surface area contributed by atoms with Gasteiger partial charge in [0.2, 0.25) is 11.9 Å². The second kappa shape index (κ2) is 8.03. The molecule has 0 aliphatic carbocycles. The van der Waals surface area contributed by atoms with Crippen LogP contribution in [0.3, 0.4) is 0 Å². The van der Waals surface area contributed by atoms with Crippen molar-refractivity contribution >= 4 is 17.5 Å². The summed E-state index contributed by atoms with van der Waals surface area (Å²) in [6.45, 7) is 7.65. The maximum atomic E-state index is 12.9. The summed E-state index contributed by atoms with van der Waals surface area (Å²) >= 11 is 0. The lowest BCUT2D eigenvalue weighted by molar-refractivity contribution is -0.120. The van der Waals surface area contributed by atoms with Crippen molar-refractivity contribution < 1.29 is 4.79 Å². The number of carbonyl (C=O) groups excluding carboxylic acids is 1. The molecule has 3 aromatic rings. The van der Waals surface area contributed by atoms with E-state index in [9.17, 15) is 4.79 Å². The number of aromatic nitrogens is 4. The second-order valence-corrected chi connectivity index (χ2v) is 7.75. The molecule has 1 aromatic heterocycles. The number of nitrogens with one attached hydrogen (secondary N) is 1. The number of aryl methyl sites for hydroxylation is 3. The van der Waals surface area contributed by atoms with Crippen molar-refractivity contribution in [2.45, 2.75) is 33.6 Å². The maximum absolute atomic E-state index is 12.9. The van der Waals surface area contributed by atoms with Gasteiger partial charge in [0, 0.05) is 24.7 Å². The Morgan fingerprint density at radius 2 is 1.69 bits per heavy atom. The smallest absolute Gasteiger partial charge is 0.250 e. The van der Waals surface area contributed by atoms with E-state index in [2.05, 4.69) is 44.8 Å². The van der Waals surface area contributed by atoms with E-state index in [-0.39, 0.29) is 11.8 Å². The average Bonchev–Trinajstić information content (AvgIpc) is 3.21. The molecule has 1 fully saturated rings. The van der Waals surface area contributed by atoms with E-state index in [1.54, 1.807) is 4.68 Å². The highest BCUT2D eigenvalue weighted by Gasteiger charge is 2.28. The third-order valence-electron chi connectivity index (χ3n) is 5.53. The van der Waals surface area contributed by atoms with E-state index in [0.717, 1.165) is 54.4 Å². The number of amides is 1. The molecule has 0 atom stereocenters. The minimum absolute atomic E-state index is 0.00703. The molecule has 7 nitrogen and oxygen atoms in total. The molecule has 150 valence electrons. The summed E-state index contributed by atoms with van der Waals surface area (Å²) in [7, 11) is 0. The fourth-order valence-corrected chi connectivity index (χ4v) is 4.06. The number of hydrogen-bond donors (Lipinski definition) is 1. The lowest BCUT2D eigenvalue weighted by atomic mass is 9.95. The molecule has 2 heterocycles. The molecule has 1 N–H and O–H groups in total. The van der Waals surface area contributed by atoms with Gasteiger partial charge < -0.3 is 10.2 Å². The van der Waals surface area contributed by atoms with E-state index in [0.29, 0.717) is 0 Å². The van der Waals surface area contributed by atoms with E-state index in [4.69, 9.17) is 0 Å². The summed E-state index contributed by atoms with van der Waals surface area (Å²) in [5, 5.41) is 15.4. The van der Waals surface area contributed by atoms with Crippen LogP contribution >= 0.6 is 0 Å². The van der Waals surface area contributed by atoms with Crippen molar-refractivity contribution in [2.75, 3.05) is 23.3 Å². The summed E-state index contributed by atoms with van der Waals surface area (Å²) in [6.07, 6.45) is 1.55. The van der Waals surface area contributed by atoms with Crippen molar-refractivity contribution in [2.24, 2.45) is 5.92 Å². The highest BCUT2D eigenvalue weighted by atomic mass is 16.1. The van der Waals surface area contributed by atoms with E-state index in [1.807, 2.05) is 44.2 Å². The molecule has 7 heteroatoms. The van der Waals surface area contributed by atoms with Gasteiger partial charge in [0.25, 0.3) is 0 Å². The summed E-state index contributed by atoms with van der Waals surface area (Å²) in [5.41, 5.74) is 5.29. The van der Waals surface area contributed by atoms with Gasteiger partial charge in [-0.15, -0.1) is 0 Å². The molecule has 0 radical (unpaired) electrons. The van der Waals surface area contributed by atoms with Crippen molar-refractivity contribution in [3.05, 3.63) is 59.2 Å². The van der Waals surface area contributed by atoms with Gasteiger partial charge in [-0.2, -0.15) is 4.68 Å². The summed E-state index contributed by atoms with van der Waals surface area (Å²) in [5.74, 6) is 0.815. The van der Waals surface area contributed by atoms with Gasteiger partial charge in [0.1, 0.15) is 0 Å². The number of para-hydroxylation sites is 1. The summed E-state index contributed by atoms with van der Waals surface area (Å²) in [6, 6.07) is 14.1. The quantitative estimate of drug-likeness (QED) is 0.738. The van der Waals surface area contributed by atoms with Crippen LogP contribution in [0.25, 0.3) is 5.69 Å². The first-order valence-corrected chi connectivity index (χ1v) is 10.0. The van der Waals surface area contributed by atoms with Gasteiger partial charge in [-0.25, -0.2) is 0 Å². The van der Waals surface area contributed by atoms with Crippen LogP contribution in [0, 0.1) is 26.7 Å². The Labute approximate surface area is 170 Å². The minimum atomic E-state index is -0.00703. The third kappa shape index (κ3) is 3.99. The van der Waals surface area contributed by atoms with Gasteiger partial charge in [-0.1, -0.05) is 41.0 Å². The number of tetrazole rings is 1. The molecule has 2 aromatic carbocycles. The first kappa shape index (κ1) is 19.1. The first-order chi connectivity index (χ1) is 14.0. The Kier molecular flexibility index (Phi) is 5.29. The first-order valence-electron chi connectivity index (χ1n) is 10.0. The molecule has 0 unspecified atom stereocenters. The molecule has 1 saturated heterocycles. The van der Waals surface area contributed by atoms with E-state index < -0.39 is 0 Å². The lowest BCUT2D eigenvalue weighted by Gasteiger charge is -2.31. The van der Waals surface area contributed by atoms with Crippen LogP contribution in [0.5, 0.6) is 0 Å². The Morgan fingerprint density at radius 3 is 2.34 bits per heavy atom. The van der Waals surface area contributed by atoms with Crippen LogP contribution in [0.1, 0.15) is 29.5 Å². The average molecular weight is 390 g/mol. The van der Waals surface area contributed by atoms with Gasteiger partial charge in [-0.05, 0) is 67.3 Å². The standard InChI is InChI=1S/C22H26N6O/c1-15-13-16(2)20(17(3)14-15)23-21(29)18-9-11-27(12-10-18)22-24-25-26-28(22)19-7-5-4-6-8-19/h4-8,13-14,18H,9-12H2,1-3H3,(H,23,29). The van der Waals surface area contributed by atoms with E-state index in [1.165, 1.54) is 5.56 Å². The Balaban J connectivity index is 1.42. The fraction of sp³-hybridized carbons (Fsp3) is 0.364. The summed E-state index contributed by atoms with van der Waals surface area (Å²) < 4.78 is 1.75. The number of anilines is 2. The van der Waals surface area contributed by atoms with Crippen LogP contribution < -0.4 is 10.2 Å². The second-order valence-electron chi connectivity index (χ2n) is 7.75. The van der Waals surface area contributed by atoms with Crippen molar-refractivity contribution in [3.63, 3.8) is 0 Å². The van der Waals surface area contributed by atoms with Gasteiger partial charge in [-0.3, -0.25) is 4.79 Å². The number of benzene rings is 2. The topological polar surface area (TPSA) is 75.9 Å². The van der Waals surface area contributed by atoms with Crippen molar-refractivity contribution in [1.82, 2.24) is 20.2 Å². The normalized spacial score (nSPS) is 14.8. The van der Waals surface area contributed by atoms with Crippen molar-refractivity contribution in [1.29, 1.82) is 0 Å². The molecule has 0 spiro atoms. The molecule has 0 bridgehead atoms. The summed E-state index contributed by atoms with van der Waals surface area (Å²) in [4.78, 5) is 15.0. The predicted molar refractivity (Wildman–Crippen MR) is 113 cm³/mol. The Bertz CT molecular complexity index is 982. The Hall–Kier alpha value is -3.22. The molecule has 0 saturated carbocycles. The molecular weight excluding hydrogens is 364 g/mol. The molecule has 1 aliphatic rings. The molecule has 1 aliphatic heterocycles. The number of piperidine rings is 1. The zero-order valence-corrected chi connectivity index (χ0v) is 17.1. The number of rotatable bonds is 4. The fourth-order valence-electron chi connectivity index (χ4n) is 4.06. The highest BCUT2D eigenvalue weighted by molar-refractivity contribution is 5.94. The number of hydrogen-bond acceptors (Lipinski definition) is 5. The zero-order chi connectivity index (χ0) is 20.4. The zero-order valence-electron chi connectivity index (χ0n) is 17.1. The van der Waals surface area contributed by atoms with E-state index >= 15 is 0 Å². The molecule has 1 amide bonds. The van der Waals surface area contributed by atoms with Crippen LogP contribution in [0.2, 0.25) is 0 Å². The van der Waals surface area contributed by atoms with Crippen molar-refractivity contribution in [3.8, 4) is 5.69 Å². The predicted octanol–water partition coefficient (Wildman–Crippen LogP) is 3.44. The highest BCUT2D eigenvalue weighted by Crippen LogP contribution is 2.26. The largest absolute Gasteiger partial charge is 0.339 e. The van der Waals surface area contributed by atoms with Gasteiger partial charge >= 0.3 is 0 Å². The Morgan fingerprint density at radius 1 is 1.03 bits per heavy atom. The lowest BCUT2D eigenvalue weighted by Crippen LogP contribution is -2.39. The molecule has 4 rings (SSSR count).